The van der Waals surface area contributed by atoms with Crippen LogP contribution in [-0.2, 0) is 0 Å². The number of carbonyl (C=O) groups is 1. The molecule has 1 amide bonds. The number of furan rings is 1. The summed E-state index contributed by atoms with van der Waals surface area (Å²) >= 11 is 3.15. The predicted octanol–water partition coefficient (Wildman–Crippen LogP) is 3.16. The average Bonchev–Trinajstić information content (AvgIpc) is 2.81. The summed E-state index contributed by atoms with van der Waals surface area (Å²) in [7, 11) is 0. The van der Waals surface area contributed by atoms with Crippen molar-refractivity contribution in [3.63, 3.8) is 0 Å². The highest BCUT2D eigenvalue weighted by atomic mass is 79.9. The van der Waals surface area contributed by atoms with Gasteiger partial charge in [-0.1, -0.05) is 12.1 Å². The Bertz CT molecular complexity index is 565. The van der Waals surface area contributed by atoms with Crippen molar-refractivity contribution in [2.24, 2.45) is 0 Å². The quantitative estimate of drug-likeness (QED) is 0.860. The van der Waals surface area contributed by atoms with Gasteiger partial charge in [0.25, 0.3) is 5.91 Å². The molecular weight excluding hydrogens is 310 g/mol. The first-order valence-corrected chi connectivity index (χ1v) is 6.67. The second-order valence-corrected chi connectivity index (χ2v) is 4.81. The highest BCUT2D eigenvalue weighted by Gasteiger charge is 2.09. The summed E-state index contributed by atoms with van der Waals surface area (Å²) in [6.07, 6.45) is 0. The molecule has 5 heteroatoms. The van der Waals surface area contributed by atoms with Crippen molar-refractivity contribution < 1.29 is 13.9 Å². The lowest BCUT2D eigenvalue weighted by molar-refractivity contribution is 0.0918. The van der Waals surface area contributed by atoms with Crippen LogP contribution in [-0.4, -0.2) is 19.1 Å². The minimum absolute atomic E-state index is 0.251. The molecule has 19 heavy (non-hydrogen) atoms. The Morgan fingerprint density at radius 2 is 2.21 bits per heavy atom. The van der Waals surface area contributed by atoms with Crippen LogP contribution in [0, 0.1) is 6.92 Å². The summed E-state index contributed by atoms with van der Waals surface area (Å²) in [5.41, 5.74) is 1.14. The summed E-state index contributed by atoms with van der Waals surface area (Å²) < 4.78 is 11.2. The summed E-state index contributed by atoms with van der Waals surface area (Å²) in [6.45, 7) is 2.84. The summed E-state index contributed by atoms with van der Waals surface area (Å²) in [6, 6.07) is 11.1. The Morgan fingerprint density at radius 1 is 1.37 bits per heavy atom. The number of nitrogens with one attached hydrogen (secondary N) is 1. The molecule has 0 saturated heterocycles. The van der Waals surface area contributed by atoms with Crippen molar-refractivity contribution in [3.05, 3.63) is 52.4 Å². The maximum Gasteiger partial charge on any atom is 0.287 e. The van der Waals surface area contributed by atoms with Crippen LogP contribution in [0.25, 0.3) is 0 Å². The fourth-order valence-electron chi connectivity index (χ4n) is 1.56. The topological polar surface area (TPSA) is 51.5 Å². The lowest BCUT2D eigenvalue weighted by atomic mass is 10.2. The molecule has 1 heterocycles. The molecule has 2 aromatic rings. The first-order valence-electron chi connectivity index (χ1n) is 5.88. The fourth-order valence-corrected chi connectivity index (χ4v) is 1.87. The molecule has 4 nitrogen and oxygen atoms in total. The largest absolute Gasteiger partial charge is 0.492 e. The van der Waals surface area contributed by atoms with Gasteiger partial charge in [0.2, 0.25) is 0 Å². The number of benzene rings is 1. The van der Waals surface area contributed by atoms with Gasteiger partial charge in [-0.15, -0.1) is 0 Å². The number of hydrogen-bond acceptors (Lipinski definition) is 3. The van der Waals surface area contributed by atoms with Crippen LogP contribution in [0.15, 0.2) is 45.5 Å². The van der Waals surface area contributed by atoms with Crippen LogP contribution >= 0.6 is 15.9 Å². The molecule has 0 spiro atoms. The number of carbonyl (C=O) groups excluding carboxylic acids is 1. The molecule has 0 atom stereocenters. The van der Waals surface area contributed by atoms with E-state index in [1.807, 2.05) is 31.2 Å². The first-order chi connectivity index (χ1) is 9.15. The SMILES string of the molecule is Cc1cccc(OCCNC(=O)c2ccc(Br)o2)c1. The molecule has 2 rings (SSSR count). The van der Waals surface area contributed by atoms with Crippen LogP contribution in [0.4, 0.5) is 0 Å². The van der Waals surface area contributed by atoms with Gasteiger partial charge in [-0.05, 0) is 52.7 Å². The van der Waals surface area contributed by atoms with E-state index < -0.39 is 0 Å². The molecule has 100 valence electrons. The summed E-state index contributed by atoms with van der Waals surface area (Å²) in [5.74, 6) is 0.830. The van der Waals surface area contributed by atoms with E-state index in [4.69, 9.17) is 9.15 Å². The third-order valence-electron chi connectivity index (χ3n) is 2.44. The summed E-state index contributed by atoms with van der Waals surface area (Å²) in [4.78, 5) is 11.6. The monoisotopic (exact) mass is 323 g/mol. The maximum absolute atomic E-state index is 11.6. The molecule has 1 aromatic heterocycles. The molecule has 1 aromatic carbocycles. The number of aryl methyl sites for hydroxylation is 1. The molecule has 0 radical (unpaired) electrons. The molecule has 0 fully saturated rings. The molecule has 0 aliphatic carbocycles. The van der Waals surface area contributed by atoms with E-state index in [-0.39, 0.29) is 11.7 Å². The number of ether oxygens (including phenoxy) is 1. The second-order valence-electron chi connectivity index (χ2n) is 4.02. The predicted molar refractivity (Wildman–Crippen MR) is 75.4 cm³/mol. The minimum Gasteiger partial charge on any atom is -0.492 e. The molecule has 0 aliphatic heterocycles. The van der Waals surface area contributed by atoms with Crippen LogP contribution in [0.2, 0.25) is 0 Å². The number of amides is 1. The van der Waals surface area contributed by atoms with Crippen molar-refractivity contribution >= 4 is 21.8 Å². The zero-order valence-electron chi connectivity index (χ0n) is 10.5. The van der Waals surface area contributed by atoms with Gasteiger partial charge in [-0.2, -0.15) is 0 Å². The molecule has 0 saturated carbocycles. The van der Waals surface area contributed by atoms with Gasteiger partial charge in [0.1, 0.15) is 12.4 Å². The highest BCUT2D eigenvalue weighted by molar-refractivity contribution is 9.10. The van der Waals surface area contributed by atoms with Crippen molar-refractivity contribution in [1.82, 2.24) is 5.32 Å². The Labute approximate surface area is 119 Å². The smallest absolute Gasteiger partial charge is 0.287 e. The standard InChI is InChI=1S/C14H14BrNO3/c1-10-3-2-4-11(9-10)18-8-7-16-14(17)12-5-6-13(15)19-12/h2-6,9H,7-8H2,1H3,(H,16,17). The van der Waals surface area contributed by atoms with Gasteiger partial charge in [-0.25, -0.2) is 0 Å². The van der Waals surface area contributed by atoms with E-state index in [0.29, 0.717) is 17.8 Å². The van der Waals surface area contributed by atoms with Gasteiger partial charge in [0.15, 0.2) is 10.4 Å². The van der Waals surface area contributed by atoms with E-state index in [9.17, 15) is 4.79 Å². The van der Waals surface area contributed by atoms with E-state index in [1.165, 1.54) is 0 Å². The second kappa shape index (κ2) is 6.43. The van der Waals surface area contributed by atoms with Crippen LogP contribution in [0.5, 0.6) is 5.75 Å². The highest BCUT2D eigenvalue weighted by Crippen LogP contribution is 2.14. The van der Waals surface area contributed by atoms with Crippen LogP contribution < -0.4 is 10.1 Å². The minimum atomic E-state index is -0.251. The molecule has 1 N–H and O–H groups in total. The van der Waals surface area contributed by atoms with Crippen molar-refractivity contribution in [2.45, 2.75) is 6.92 Å². The summed E-state index contributed by atoms with van der Waals surface area (Å²) in [5, 5.41) is 2.72. The van der Waals surface area contributed by atoms with Crippen molar-refractivity contribution in [3.8, 4) is 5.75 Å². The van der Waals surface area contributed by atoms with Crippen LogP contribution in [0.3, 0.4) is 0 Å². The van der Waals surface area contributed by atoms with E-state index in [2.05, 4.69) is 21.2 Å². The Kier molecular flexibility index (Phi) is 4.63. The Morgan fingerprint density at radius 3 is 2.89 bits per heavy atom. The average molecular weight is 324 g/mol. The zero-order valence-corrected chi connectivity index (χ0v) is 12.1. The fraction of sp³-hybridized carbons (Fsp3) is 0.214. The number of halogens is 1. The van der Waals surface area contributed by atoms with E-state index in [1.54, 1.807) is 12.1 Å². The third kappa shape index (κ3) is 4.13. The van der Waals surface area contributed by atoms with Crippen molar-refractivity contribution in [1.29, 1.82) is 0 Å². The molecule has 0 unspecified atom stereocenters. The van der Waals surface area contributed by atoms with Crippen LogP contribution in [0.1, 0.15) is 16.1 Å². The Balaban J connectivity index is 1.74. The molecular formula is C14H14BrNO3. The zero-order chi connectivity index (χ0) is 13.7. The van der Waals surface area contributed by atoms with Gasteiger partial charge in [0.05, 0.1) is 6.54 Å². The number of rotatable bonds is 5. The lowest BCUT2D eigenvalue weighted by Crippen LogP contribution is -2.27. The molecule has 0 aliphatic rings. The van der Waals surface area contributed by atoms with Gasteiger partial charge in [0, 0.05) is 0 Å². The maximum atomic E-state index is 11.6. The normalized spacial score (nSPS) is 10.2. The first kappa shape index (κ1) is 13.7. The van der Waals surface area contributed by atoms with E-state index in [0.717, 1.165) is 11.3 Å². The van der Waals surface area contributed by atoms with Gasteiger partial charge >= 0.3 is 0 Å². The Hall–Kier alpha value is -1.75. The third-order valence-corrected chi connectivity index (χ3v) is 2.87. The van der Waals surface area contributed by atoms with Gasteiger partial charge in [-0.3, -0.25) is 4.79 Å². The lowest BCUT2D eigenvalue weighted by Gasteiger charge is -2.07. The number of hydrogen-bond donors (Lipinski definition) is 1. The van der Waals surface area contributed by atoms with Crippen molar-refractivity contribution in [2.75, 3.05) is 13.2 Å². The van der Waals surface area contributed by atoms with Gasteiger partial charge < -0.3 is 14.5 Å². The van der Waals surface area contributed by atoms with E-state index >= 15 is 0 Å². The molecule has 0 bridgehead atoms.